The topological polar surface area (TPSA) is 63.8 Å². The van der Waals surface area contributed by atoms with E-state index in [0.29, 0.717) is 6.42 Å². The maximum absolute atomic E-state index is 5.45. The molecule has 0 spiro atoms. The molecule has 3 rings (SSSR count). The minimum absolute atomic E-state index is 0.138. The highest BCUT2D eigenvalue weighted by Crippen LogP contribution is 2.30. The number of nitrogens with zero attached hydrogens (tertiary/aromatic N) is 3. The Kier molecular flexibility index (Phi) is 4.29. The highest BCUT2D eigenvalue weighted by molar-refractivity contribution is 5.15. The van der Waals surface area contributed by atoms with Crippen molar-refractivity contribution in [3.05, 3.63) is 41.8 Å². The molecule has 2 aromatic rings. The van der Waals surface area contributed by atoms with Crippen LogP contribution >= 0.6 is 0 Å². The molecule has 0 saturated heterocycles. The van der Waals surface area contributed by atoms with Crippen LogP contribution in [0.2, 0.25) is 0 Å². The van der Waals surface area contributed by atoms with Crippen LogP contribution in [0.3, 0.4) is 0 Å². The van der Waals surface area contributed by atoms with Crippen molar-refractivity contribution in [3.63, 3.8) is 0 Å². The monoisotopic (exact) mass is 286 g/mol. The van der Waals surface area contributed by atoms with Crippen molar-refractivity contribution in [2.75, 3.05) is 7.05 Å². The summed E-state index contributed by atoms with van der Waals surface area (Å²) >= 11 is 0. The van der Waals surface area contributed by atoms with Crippen molar-refractivity contribution in [1.82, 2.24) is 20.4 Å². The minimum Gasteiger partial charge on any atom is -0.339 e. The molecule has 0 amide bonds. The van der Waals surface area contributed by atoms with Gasteiger partial charge in [-0.3, -0.25) is 4.98 Å². The quantitative estimate of drug-likeness (QED) is 0.915. The molecule has 0 aromatic carbocycles. The molecule has 1 fully saturated rings. The van der Waals surface area contributed by atoms with Crippen LogP contribution in [0.15, 0.2) is 29.0 Å². The van der Waals surface area contributed by atoms with E-state index >= 15 is 0 Å². The fourth-order valence-corrected chi connectivity index (χ4v) is 3.15. The van der Waals surface area contributed by atoms with E-state index < -0.39 is 0 Å². The van der Waals surface area contributed by atoms with Crippen molar-refractivity contribution in [2.45, 2.75) is 50.5 Å². The van der Waals surface area contributed by atoms with E-state index in [2.05, 4.69) is 20.4 Å². The van der Waals surface area contributed by atoms with Crippen molar-refractivity contribution in [3.8, 4) is 0 Å². The Morgan fingerprint density at radius 3 is 2.67 bits per heavy atom. The van der Waals surface area contributed by atoms with Crippen molar-refractivity contribution >= 4 is 0 Å². The van der Waals surface area contributed by atoms with Gasteiger partial charge in [0.1, 0.15) is 0 Å². The molecule has 0 atom stereocenters. The van der Waals surface area contributed by atoms with Gasteiger partial charge < -0.3 is 9.84 Å². The van der Waals surface area contributed by atoms with Crippen LogP contribution in [0.25, 0.3) is 0 Å². The van der Waals surface area contributed by atoms with Crippen LogP contribution in [0.5, 0.6) is 0 Å². The van der Waals surface area contributed by atoms with Crippen LogP contribution in [-0.4, -0.2) is 27.7 Å². The number of pyridine rings is 1. The summed E-state index contributed by atoms with van der Waals surface area (Å²) in [6, 6.07) is 3.96. The zero-order valence-electron chi connectivity index (χ0n) is 12.5. The van der Waals surface area contributed by atoms with Crippen LogP contribution in [0.1, 0.15) is 49.4 Å². The van der Waals surface area contributed by atoms with E-state index in [-0.39, 0.29) is 5.54 Å². The van der Waals surface area contributed by atoms with Crippen LogP contribution < -0.4 is 5.32 Å². The normalized spacial score (nSPS) is 17.8. The first-order valence-corrected chi connectivity index (χ1v) is 7.69. The maximum Gasteiger partial charge on any atom is 0.228 e. The molecule has 1 aliphatic carbocycles. The van der Waals surface area contributed by atoms with E-state index in [4.69, 9.17) is 4.52 Å². The van der Waals surface area contributed by atoms with Crippen LogP contribution in [-0.2, 0) is 12.8 Å². The van der Waals surface area contributed by atoms with E-state index in [0.717, 1.165) is 23.7 Å². The van der Waals surface area contributed by atoms with Gasteiger partial charge in [0.2, 0.25) is 5.89 Å². The summed E-state index contributed by atoms with van der Waals surface area (Å²) in [5, 5.41) is 7.60. The van der Waals surface area contributed by atoms with Gasteiger partial charge in [-0.15, -0.1) is 0 Å². The number of likely N-dealkylation sites (N-methyl/N-ethyl adjacent to an activating group) is 1. The molecule has 5 heteroatoms. The lowest BCUT2D eigenvalue weighted by Gasteiger charge is -2.36. The molecule has 1 saturated carbocycles. The second-order valence-electron chi connectivity index (χ2n) is 5.90. The molecule has 21 heavy (non-hydrogen) atoms. The Labute approximate surface area is 125 Å². The zero-order chi connectivity index (χ0) is 14.5. The molecule has 0 bridgehead atoms. The third-order valence-electron chi connectivity index (χ3n) is 4.45. The maximum atomic E-state index is 5.45. The molecule has 0 radical (unpaired) electrons. The Morgan fingerprint density at radius 2 is 1.95 bits per heavy atom. The number of nitrogens with one attached hydrogen (secondary N) is 1. The average molecular weight is 286 g/mol. The molecule has 0 unspecified atom stereocenters. The highest BCUT2D eigenvalue weighted by atomic mass is 16.5. The summed E-state index contributed by atoms with van der Waals surface area (Å²) < 4.78 is 5.45. The first-order chi connectivity index (χ1) is 10.3. The highest BCUT2D eigenvalue weighted by Gasteiger charge is 2.32. The predicted octanol–water partition coefficient (Wildman–Crippen LogP) is 2.52. The predicted molar refractivity (Wildman–Crippen MR) is 79.9 cm³/mol. The van der Waals surface area contributed by atoms with Gasteiger partial charge in [0.25, 0.3) is 0 Å². The summed E-state index contributed by atoms with van der Waals surface area (Å²) in [4.78, 5) is 8.57. The molecular formula is C16H22N4O. The Hall–Kier alpha value is -1.75. The Morgan fingerprint density at radius 1 is 1.19 bits per heavy atom. The van der Waals surface area contributed by atoms with Gasteiger partial charge in [-0.25, -0.2) is 0 Å². The van der Waals surface area contributed by atoms with Gasteiger partial charge in [0.05, 0.1) is 0 Å². The average Bonchev–Trinajstić information content (AvgIpc) is 2.96. The lowest BCUT2D eigenvalue weighted by atomic mass is 9.79. The smallest absolute Gasteiger partial charge is 0.228 e. The molecule has 2 aromatic heterocycles. The lowest BCUT2D eigenvalue weighted by Crippen LogP contribution is -2.46. The van der Waals surface area contributed by atoms with Crippen molar-refractivity contribution in [1.29, 1.82) is 0 Å². The third-order valence-corrected chi connectivity index (χ3v) is 4.45. The van der Waals surface area contributed by atoms with Gasteiger partial charge >= 0.3 is 0 Å². The van der Waals surface area contributed by atoms with E-state index in [9.17, 15) is 0 Å². The fraction of sp³-hybridized carbons (Fsp3) is 0.562. The standard InChI is InChI=1S/C16H22N4O/c1-17-16(7-3-2-4-8-16)12-15-19-14(20-21-15)11-13-5-9-18-10-6-13/h5-6,9-10,17H,2-4,7-8,11-12H2,1H3. The molecule has 1 N–H and O–H groups in total. The van der Waals surface area contributed by atoms with Gasteiger partial charge in [-0.1, -0.05) is 24.4 Å². The van der Waals surface area contributed by atoms with E-state index in [1.165, 1.54) is 32.1 Å². The molecule has 1 aliphatic rings. The number of hydrogen-bond acceptors (Lipinski definition) is 5. The molecular weight excluding hydrogens is 264 g/mol. The number of hydrogen-bond donors (Lipinski definition) is 1. The second kappa shape index (κ2) is 6.35. The minimum atomic E-state index is 0.138. The summed E-state index contributed by atoms with van der Waals surface area (Å²) in [6.07, 6.45) is 11.4. The summed E-state index contributed by atoms with van der Waals surface area (Å²) in [7, 11) is 2.04. The first kappa shape index (κ1) is 14.2. The van der Waals surface area contributed by atoms with Gasteiger partial charge in [0, 0.05) is 30.8 Å². The van der Waals surface area contributed by atoms with E-state index in [1.54, 1.807) is 12.4 Å². The Balaban J connectivity index is 1.67. The van der Waals surface area contributed by atoms with Crippen molar-refractivity contribution < 1.29 is 4.52 Å². The fourth-order valence-electron chi connectivity index (χ4n) is 3.15. The number of aromatic nitrogens is 3. The van der Waals surface area contributed by atoms with Gasteiger partial charge in [0.15, 0.2) is 5.82 Å². The van der Waals surface area contributed by atoms with Crippen LogP contribution in [0, 0.1) is 0 Å². The molecule has 2 heterocycles. The first-order valence-electron chi connectivity index (χ1n) is 7.69. The molecule has 112 valence electrons. The third kappa shape index (κ3) is 3.47. The Bertz CT molecular complexity index is 561. The van der Waals surface area contributed by atoms with Crippen molar-refractivity contribution in [2.24, 2.45) is 0 Å². The summed E-state index contributed by atoms with van der Waals surface area (Å²) in [5.74, 6) is 1.49. The zero-order valence-corrected chi connectivity index (χ0v) is 12.5. The number of rotatable bonds is 5. The van der Waals surface area contributed by atoms with E-state index in [1.807, 2.05) is 19.2 Å². The lowest BCUT2D eigenvalue weighted by molar-refractivity contribution is 0.221. The van der Waals surface area contributed by atoms with Gasteiger partial charge in [-0.05, 0) is 37.6 Å². The van der Waals surface area contributed by atoms with Gasteiger partial charge in [-0.2, -0.15) is 4.98 Å². The second-order valence-corrected chi connectivity index (χ2v) is 5.90. The molecule has 5 nitrogen and oxygen atoms in total. The SMILES string of the molecule is CNC1(Cc2nc(Cc3ccncc3)no2)CCCCC1. The summed E-state index contributed by atoms with van der Waals surface area (Å²) in [6.45, 7) is 0. The largest absolute Gasteiger partial charge is 0.339 e. The van der Waals surface area contributed by atoms with Crippen LogP contribution in [0.4, 0.5) is 0 Å². The molecule has 0 aliphatic heterocycles. The summed E-state index contributed by atoms with van der Waals surface area (Å²) in [5.41, 5.74) is 1.29.